The molecule has 0 radical (unpaired) electrons. The third-order valence-corrected chi connectivity index (χ3v) is 3.32. The fourth-order valence-electron chi connectivity index (χ4n) is 2.19. The molecule has 0 unspecified atom stereocenters. The van der Waals surface area contributed by atoms with Crippen LogP contribution in [-0.4, -0.2) is 28.1 Å². The van der Waals surface area contributed by atoms with Gasteiger partial charge in [-0.05, 0) is 37.3 Å². The summed E-state index contributed by atoms with van der Waals surface area (Å²) in [6, 6.07) is 12.6. The molecule has 2 aromatic heterocycles. The van der Waals surface area contributed by atoms with Crippen LogP contribution in [0.1, 0.15) is 16.1 Å². The van der Waals surface area contributed by atoms with E-state index >= 15 is 0 Å². The van der Waals surface area contributed by atoms with Crippen molar-refractivity contribution in [1.82, 2.24) is 15.0 Å². The molecule has 0 aliphatic heterocycles. The number of nitrogens with one attached hydrogen (secondary N) is 2. The zero-order valence-electron chi connectivity index (χ0n) is 13.0. The zero-order chi connectivity index (χ0) is 16.9. The van der Waals surface area contributed by atoms with Crippen molar-refractivity contribution in [2.45, 2.75) is 6.92 Å². The summed E-state index contributed by atoms with van der Waals surface area (Å²) in [6.45, 7) is 1.57. The maximum atomic E-state index is 12.2. The lowest BCUT2D eigenvalue weighted by Gasteiger charge is -2.07. The molecule has 7 heteroatoms. The van der Waals surface area contributed by atoms with Crippen LogP contribution in [0.25, 0.3) is 5.69 Å². The Hall–Kier alpha value is -3.35. The van der Waals surface area contributed by atoms with E-state index in [4.69, 9.17) is 4.52 Å². The molecule has 24 heavy (non-hydrogen) atoms. The summed E-state index contributed by atoms with van der Waals surface area (Å²) in [5, 5.41) is 8.78. The van der Waals surface area contributed by atoms with Gasteiger partial charge >= 0.3 is 0 Å². The smallest absolute Gasteiger partial charge is 0.251 e. The van der Waals surface area contributed by atoms with E-state index in [1.165, 1.54) is 0 Å². The van der Waals surface area contributed by atoms with Crippen LogP contribution in [0.3, 0.4) is 0 Å². The monoisotopic (exact) mass is 324 g/mol. The largest absolute Gasteiger partial charge is 0.360 e. The molecule has 0 aliphatic rings. The van der Waals surface area contributed by atoms with Gasteiger partial charge in [-0.15, -0.1) is 0 Å². The molecule has 0 aliphatic carbocycles. The lowest BCUT2D eigenvalue weighted by atomic mass is 10.2. The standard InChI is InChI=1S/C17H16N4O3/c1-12-9-15(20-24-12)19-16(22)11-18-17(23)13-5-4-6-14(10-13)21-7-2-3-8-21/h2-10H,11H2,1H3,(H,18,23)(H,19,20,22). The number of anilines is 1. The number of nitrogens with zero attached hydrogens (tertiary/aromatic N) is 2. The van der Waals surface area contributed by atoms with Crippen LogP contribution in [0, 0.1) is 6.92 Å². The molecule has 122 valence electrons. The Bertz CT molecular complexity index is 852. The Morgan fingerprint density at radius 2 is 1.96 bits per heavy atom. The predicted octanol–water partition coefficient (Wildman–Crippen LogP) is 2.14. The number of hydrogen-bond acceptors (Lipinski definition) is 4. The summed E-state index contributed by atoms with van der Waals surface area (Å²) in [5.41, 5.74) is 1.35. The second-order valence-corrected chi connectivity index (χ2v) is 5.19. The van der Waals surface area contributed by atoms with Gasteiger partial charge in [-0.1, -0.05) is 11.2 Å². The third kappa shape index (κ3) is 3.70. The van der Waals surface area contributed by atoms with E-state index in [1.807, 2.05) is 35.2 Å². The Balaban J connectivity index is 1.59. The number of benzene rings is 1. The topological polar surface area (TPSA) is 89.2 Å². The Kier molecular flexibility index (Phi) is 4.42. The molecule has 2 N–H and O–H groups in total. The quantitative estimate of drug-likeness (QED) is 0.752. The van der Waals surface area contributed by atoms with Crippen LogP contribution in [0.2, 0.25) is 0 Å². The molecular formula is C17H16N4O3. The molecule has 2 heterocycles. The van der Waals surface area contributed by atoms with Crippen molar-refractivity contribution in [3.63, 3.8) is 0 Å². The van der Waals surface area contributed by atoms with Gasteiger partial charge in [0.25, 0.3) is 5.91 Å². The van der Waals surface area contributed by atoms with Crippen molar-refractivity contribution in [2.24, 2.45) is 0 Å². The van der Waals surface area contributed by atoms with E-state index in [9.17, 15) is 9.59 Å². The number of aryl methyl sites for hydroxylation is 1. The zero-order valence-corrected chi connectivity index (χ0v) is 13.0. The molecule has 1 aromatic carbocycles. The number of amides is 2. The number of hydrogen-bond donors (Lipinski definition) is 2. The second-order valence-electron chi connectivity index (χ2n) is 5.19. The van der Waals surface area contributed by atoms with Gasteiger partial charge in [-0.2, -0.15) is 0 Å². The SMILES string of the molecule is Cc1cc(NC(=O)CNC(=O)c2cccc(-n3cccc3)c2)no1. The lowest BCUT2D eigenvalue weighted by Crippen LogP contribution is -2.32. The van der Waals surface area contributed by atoms with E-state index in [1.54, 1.807) is 31.2 Å². The van der Waals surface area contributed by atoms with Crippen molar-refractivity contribution in [3.05, 3.63) is 66.2 Å². The average Bonchev–Trinajstić information content (AvgIpc) is 3.25. The van der Waals surface area contributed by atoms with Crippen molar-refractivity contribution in [2.75, 3.05) is 11.9 Å². The minimum absolute atomic E-state index is 0.154. The summed E-state index contributed by atoms with van der Waals surface area (Å²) in [7, 11) is 0. The van der Waals surface area contributed by atoms with Gasteiger partial charge in [-0.3, -0.25) is 9.59 Å². The van der Waals surface area contributed by atoms with Crippen molar-refractivity contribution in [3.8, 4) is 5.69 Å². The highest BCUT2D eigenvalue weighted by atomic mass is 16.5. The molecule has 0 bridgehead atoms. The summed E-state index contributed by atoms with van der Waals surface area (Å²) >= 11 is 0. The van der Waals surface area contributed by atoms with Crippen LogP contribution in [0.5, 0.6) is 0 Å². The maximum absolute atomic E-state index is 12.2. The molecule has 3 rings (SSSR count). The van der Waals surface area contributed by atoms with E-state index in [2.05, 4.69) is 15.8 Å². The highest BCUT2D eigenvalue weighted by Gasteiger charge is 2.10. The first-order valence-corrected chi connectivity index (χ1v) is 7.36. The first-order chi connectivity index (χ1) is 11.6. The van der Waals surface area contributed by atoms with Crippen LogP contribution >= 0.6 is 0 Å². The molecule has 0 saturated heterocycles. The number of carbonyl (C=O) groups is 2. The fraction of sp³-hybridized carbons (Fsp3) is 0.118. The van der Waals surface area contributed by atoms with E-state index in [0.717, 1.165) is 5.69 Å². The molecule has 0 fully saturated rings. The van der Waals surface area contributed by atoms with Crippen molar-refractivity contribution >= 4 is 17.6 Å². The van der Waals surface area contributed by atoms with E-state index in [0.29, 0.717) is 17.1 Å². The number of carbonyl (C=O) groups excluding carboxylic acids is 2. The fourth-order valence-corrected chi connectivity index (χ4v) is 2.19. The van der Waals surface area contributed by atoms with Crippen LogP contribution in [-0.2, 0) is 4.79 Å². The first-order valence-electron chi connectivity index (χ1n) is 7.36. The van der Waals surface area contributed by atoms with Gasteiger partial charge < -0.3 is 19.7 Å². The van der Waals surface area contributed by atoms with Gasteiger partial charge in [0.15, 0.2) is 5.82 Å². The van der Waals surface area contributed by atoms with Crippen LogP contribution in [0.15, 0.2) is 59.4 Å². The van der Waals surface area contributed by atoms with E-state index in [-0.39, 0.29) is 18.4 Å². The molecule has 7 nitrogen and oxygen atoms in total. The highest BCUT2D eigenvalue weighted by Crippen LogP contribution is 2.11. The average molecular weight is 324 g/mol. The van der Waals surface area contributed by atoms with Crippen molar-refractivity contribution in [1.29, 1.82) is 0 Å². The summed E-state index contributed by atoms with van der Waals surface area (Å²) < 4.78 is 6.75. The molecular weight excluding hydrogens is 308 g/mol. The molecule has 0 atom stereocenters. The van der Waals surface area contributed by atoms with Gasteiger partial charge in [0, 0.05) is 29.7 Å². The van der Waals surface area contributed by atoms with Crippen LogP contribution in [0.4, 0.5) is 5.82 Å². The van der Waals surface area contributed by atoms with E-state index < -0.39 is 0 Å². The Labute approximate surface area is 138 Å². The Morgan fingerprint density at radius 3 is 2.67 bits per heavy atom. The van der Waals surface area contributed by atoms with Crippen molar-refractivity contribution < 1.29 is 14.1 Å². The van der Waals surface area contributed by atoms with Crippen LogP contribution < -0.4 is 10.6 Å². The maximum Gasteiger partial charge on any atom is 0.251 e. The van der Waals surface area contributed by atoms with Gasteiger partial charge in [0.2, 0.25) is 5.91 Å². The van der Waals surface area contributed by atoms with Gasteiger partial charge in [0.05, 0.1) is 6.54 Å². The highest BCUT2D eigenvalue weighted by molar-refractivity contribution is 5.99. The summed E-state index contributed by atoms with van der Waals surface area (Å²) in [5.74, 6) is 0.214. The van der Waals surface area contributed by atoms with Gasteiger partial charge in [-0.25, -0.2) is 0 Å². The number of aromatic nitrogens is 2. The second kappa shape index (κ2) is 6.82. The normalized spacial score (nSPS) is 10.4. The Morgan fingerprint density at radius 1 is 1.17 bits per heavy atom. The lowest BCUT2D eigenvalue weighted by molar-refractivity contribution is -0.115. The third-order valence-electron chi connectivity index (χ3n) is 3.32. The molecule has 0 spiro atoms. The van der Waals surface area contributed by atoms with Gasteiger partial charge in [0.1, 0.15) is 5.76 Å². The predicted molar refractivity (Wildman–Crippen MR) is 88.0 cm³/mol. The number of rotatable bonds is 5. The minimum Gasteiger partial charge on any atom is -0.360 e. The summed E-state index contributed by atoms with van der Waals surface area (Å²) in [4.78, 5) is 24.0. The summed E-state index contributed by atoms with van der Waals surface area (Å²) in [6.07, 6.45) is 3.79. The molecule has 2 amide bonds. The molecule has 3 aromatic rings. The molecule has 0 saturated carbocycles. The first kappa shape index (κ1) is 15.5. The minimum atomic E-state index is -0.377.